The topological polar surface area (TPSA) is 73.6 Å². The zero-order valence-corrected chi connectivity index (χ0v) is 10.8. The van der Waals surface area contributed by atoms with Crippen molar-refractivity contribution in [2.45, 2.75) is 45.6 Å². The van der Waals surface area contributed by atoms with Gasteiger partial charge >= 0.3 is 0 Å². The van der Waals surface area contributed by atoms with Gasteiger partial charge in [0.1, 0.15) is 0 Å². The Kier molecular flexibility index (Phi) is 7.29. The molecule has 0 aromatic carbocycles. The van der Waals surface area contributed by atoms with Gasteiger partial charge in [-0.2, -0.15) is 0 Å². The summed E-state index contributed by atoms with van der Waals surface area (Å²) < 4.78 is 10.1. The van der Waals surface area contributed by atoms with E-state index in [1.807, 2.05) is 20.8 Å². The summed E-state index contributed by atoms with van der Waals surface area (Å²) >= 11 is 0. The summed E-state index contributed by atoms with van der Waals surface area (Å²) in [7, 11) is 3.07. The van der Waals surface area contributed by atoms with Crippen LogP contribution in [0.4, 0.5) is 0 Å². The maximum atomic E-state index is 11.7. The number of nitrogens with two attached hydrogens (primary N) is 1. The lowest BCUT2D eigenvalue weighted by Crippen LogP contribution is -2.49. The smallest absolute Gasteiger partial charge is 0.237 e. The predicted molar refractivity (Wildman–Crippen MR) is 62.8 cm³/mol. The highest BCUT2D eigenvalue weighted by Gasteiger charge is 2.21. The first-order valence-corrected chi connectivity index (χ1v) is 5.53. The first-order valence-electron chi connectivity index (χ1n) is 5.53. The van der Waals surface area contributed by atoms with Crippen LogP contribution in [0.2, 0.25) is 0 Å². The molecule has 0 bridgehead atoms. The summed E-state index contributed by atoms with van der Waals surface area (Å²) in [5, 5.41) is 2.77. The molecular weight excluding hydrogens is 208 g/mol. The van der Waals surface area contributed by atoms with Gasteiger partial charge in [-0.1, -0.05) is 13.8 Å². The average Bonchev–Trinajstić information content (AvgIpc) is 2.18. The molecule has 96 valence electrons. The van der Waals surface area contributed by atoms with Crippen molar-refractivity contribution in [2.75, 3.05) is 14.2 Å². The van der Waals surface area contributed by atoms with Crippen LogP contribution in [0.15, 0.2) is 0 Å². The first-order chi connectivity index (χ1) is 7.42. The van der Waals surface area contributed by atoms with Crippen molar-refractivity contribution in [3.05, 3.63) is 0 Å². The number of nitrogens with one attached hydrogen (secondary N) is 1. The van der Waals surface area contributed by atoms with Gasteiger partial charge in [0.2, 0.25) is 5.91 Å². The molecule has 16 heavy (non-hydrogen) atoms. The summed E-state index contributed by atoms with van der Waals surface area (Å²) in [6.07, 6.45) is 0.221. The van der Waals surface area contributed by atoms with Crippen molar-refractivity contribution in [3.63, 3.8) is 0 Å². The summed E-state index contributed by atoms with van der Waals surface area (Å²) in [6.45, 7) is 5.88. The Morgan fingerprint density at radius 2 is 1.75 bits per heavy atom. The molecule has 0 spiro atoms. The Hall–Kier alpha value is -0.650. The number of rotatable bonds is 7. The minimum Gasteiger partial charge on any atom is -0.354 e. The van der Waals surface area contributed by atoms with Gasteiger partial charge in [-0.25, -0.2) is 0 Å². The van der Waals surface area contributed by atoms with E-state index in [4.69, 9.17) is 15.2 Å². The number of ether oxygens (including phenoxy) is 2. The third-order valence-electron chi connectivity index (χ3n) is 2.30. The maximum Gasteiger partial charge on any atom is 0.237 e. The third-order valence-corrected chi connectivity index (χ3v) is 2.30. The van der Waals surface area contributed by atoms with Gasteiger partial charge in [0.15, 0.2) is 6.29 Å². The summed E-state index contributed by atoms with van der Waals surface area (Å²) in [4.78, 5) is 11.7. The highest BCUT2D eigenvalue weighted by molar-refractivity contribution is 5.81. The van der Waals surface area contributed by atoms with E-state index in [2.05, 4.69) is 5.32 Å². The molecule has 1 amide bonds. The molecule has 0 radical (unpaired) electrons. The van der Waals surface area contributed by atoms with Crippen LogP contribution in [0.3, 0.4) is 0 Å². The maximum absolute atomic E-state index is 11.7. The Labute approximate surface area is 97.7 Å². The van der Waals surface area contributed by atoms with Gasteiger partial charge in [-0.15, -0.1) is 0 Å². The SMILES string of the molecule is COC(OC)C(C)NC(=O)[C@H](N)CC(C)C. The van der Waals surface area contributed by atoms with Crippen molar-refractivity contribution < 1.29 is 14.3 Å². The van der Waals surface area contributed by atoms with Crippen LogP contribution in [0.5, 0.6) is 0 Å². The van der Waals surface area contributed by atoms with Gasteiger partial charge in [0, 0.05) is 14.2 Å². The van der Waals surface area contributed by atoms with Gasteiger partial charge in [0.25, 0.3) is 0 Å². The van der Waals surface area contributed by atoms with Crippen molar-refractivity contribution in [2.24, 2.45) is 11.7 Å². The number of carbonyl (C=O) groups excluding carboxylic acids is 1. The van der Waals surface area contributed by atoms with Gasteiger partial charge in [0.05, 0.1) is 12.1 Å². The van der Waals surface area contributed by atoms with Crippen molar-refractivity contribution >= 4 is 5.91 Å². The van der Waals surface area contributed by atoms with Crippen molar-refractivity contribution in [3.8, 4) is 0 Å². The van der Waals surface area contributed by atoms with Gasteiger partial charge < -0.3 is 20.5 Å². The summed E-state index contributed by atoms with van der Waals surface area (Å²) in [5.41, 5.74) is 5.76. The van der Waals surface area contributed by atoms with Crippen LogP contribution in [-0.4, -0.2) is 38.5 Å². The molecule has 1 unspecified atom stereocenters. The number of hydrogen-bond acceptors (Lipinski definition) is 4. The monoisotopic (exact) mass is 232 g/mol. The molecule has 0 aliphatic carbocycles. The quantitative estimate of drug-likeness (QED) is 0.626. The third kappa shape index (κ3) is 5.44. The molecule has 5 nitrogen and oxygen atoms in total. The Morgan fingerprint density at radius 3 is 2.12 bits per heavy atom. The summed E-state index contributed by atoms with van der Waals surface area (Å²) in [5.74, 6) is 0.233. The molecule has 0 heterocycles. The highest BCUT2D eigenvalue weighted by Crippen LogP contribution is 2.04. The van der Waals surface area contributed by atoms with E-state index in [1.54, 1.807) is 0 Å². The van der Waals surface area contributed by atoms with Crippen LogP contribution in [-0.2, 0) is 14.3 Å². The molecule has 2 atom stereocenters. The van der Waals surface area contributed by atoms with Crippen molar-refractivity contribution in [1.82, 2.24) is 5.32 Å². The van der Waals surface area contributed by atoms with E-state index in [0.29, 0.717) is 12.3 Å². The van der Waals surface area contributed by atoms with Crippen LogP contribution in [0.1, 0.15) is 27.2 Å². The number of methoxy groups -OCH3 is 2. The fourth-order valence-electron chi connectivity index (χ4n) is 1.52. The second kappa shape index (κ2) is 7.60. The largest absolute Gasteiger partial charge is 0.354 e. The Balaban J connectivity index is 4.12. The average molecular weight is 232 g/mol. The standard InChI is InChI=1S/C11H24N2O3/c1-7(2)6-9(12)10(14)13-8(3)11(15-4)16-5/h7-9,11H,6,12H2,1-5H3,(H,13,14)/t8?,9-/m1/s1. The van der Waals surface area contributed by atoms with Crippen LogP contribution >= 0.6 is 0 Å². The van der Waals surface area contributed by atoms with E-state index in [0.717, 1.165) is 0 Å². The first kappa shape index (κ1) is 15.3. The van der Waals surface area contributed by atoms with E-state index in [1.165, 1.54) is 14.2 Å². The van der Waals surface area contributed by atoms with E-state index in [9.17, 15) is 4.79 Å². The fourth-order valence-corrected chi connectivity index (χ4v) is 1.52. The summed E-state index contributed by atoms with van der Waals surface area (Å²) in [6, 6.07) is -0.697. The number of amides is 1. The highest BCUT2D eigenvalue weighted by atomic mass is 16.7. The van der Waals surface area contributed by atoms with Crippen LogP contribution in [0.25, 0.3) is 0 Å². The lowest BCUT2D eigenvalue weighted by Gasteiger charge is -2.24. The lowest BCUT2D eigenvalue weighted by atomic mass is 10.0. The molecule has 0 saturated carbocycles. The molecule has 0 aliphatic heterocycles. The molecule has 5 heteroatoms. The Bertz CT molecular complexity index is 205. The minimum atomic E-state index is -0.475. The minimum absolute atomic E-state index is 0.166. The molecule has 0 aliphatic rings. The zero-order chi connectivity index (χ0) is 12.7. The lowest BCUT2D eigenvalue weighted by molar-refractivity contribution is -0.136. The molecule has 0 rings (SSSR count). The Morgan fingerprint density at radius 1 is 1.25 bits per heavy atom. The molecular formula is C11H24N2O3. The predicted octanol–water partition coefficient (Wildman–Crippen LogP) is 0.483. The zero-order valence-electron chi connectivity index (χ0n) is 10.8. The van der Waals surface area contributed by atoms with E-state index < -0.39 is 12.3 Å². The van der Waals surface area contributed by atoms with Crippen molar-refractivity contribution in [1.29, 1.82) is 0 Å². The number of carbonyl (C=O) groups is 1. The molecule has 0 saturated heterocycles. The number of hydrogen-bond donors (Lipinski definition) is 2. The molecule has 0 aromatic rings. The second-order valence-corrected chi connectivity index (χ2v) is 4.37. The van der Waals surface area contributed by atoms with Crippen LogP contribution in [0, 0.1) is 5.92 Å². The second-order valence-electron chi connectivity index (χ2n) is 4.37. The van der Waals surface area contributed by atoms with Crippen LogP contribution < -0.4 is 11.1 Å². The van der Waals surface area contributed by atoms with Gasteiger partial charge in [-0.3, -0.25) is 4.79 Å². The van der Waals surface area contributed by atoms with E-state index in [-0.39, 0.29) is 11.9 Å². The fraction of sp³-hybridized carbons (Fsp3) is 0.909. The molecule has 0 fully saturated rings. The van der Waals surface area contributed by atoms with Gasteiger partial charge in [-0.05, 0) is 19.3 Å². The molecule has 0 aromatic heterocycles. The normalized spacial score (nSPS) is 15.2. The molecule has 3 N–H and O–H groups in total. The van der Waals surface area contributed by atoms with E-state index >= 15 is 0 Å².